The van der Waals surface area contributed by atoms with Crippen LogP contribution in [-0.4, -0.2) is 29.3 Å². The standard InChI is InChI=1S/C30H25F4N5O2/c1-41-23-7-3-5-20(13-23)28(36-17-18-8-9-18)21-10-11-24(31)25(14-21)37-29(40)26-15-27(30(32,33)34)38-39(26)22-6-2-4-19(12-22)16-35/h2-7,10-15,18,28,36H,8-9,17H2,1H3,(H,37,40). The van der Waals surface area contributed by atoms with Gasteiger partial charge in [-0.2, -0.15) is 23.5 Å². The lowest BCUT2D eigenvalue weighted by atomic mass is 9.97. The zero-order valence-electron chi connectivity index (χ0n) is 21.9. The molecule has 1 aliphatic rings. The fraction of sp³-hybridized carbons (Fsp3) is 0.233. The maximum atomic E-state index is 15.0. The van der Waals surface area contributed by atoms with E-state index in [4.69, 9.17) is 4.74 Å². The second kappa shape index (κ2) is 11.4. The van der Waals surface area contributed by atoms with Crippen LogP contribution >= 0.6 is 0 Å². The molecule has 0 bridgehead atoms. The molecule has 0 radical (unpaired) electrons. The fourth-order valence-electron chi connectivity index (χ4n) is 4.45. The number of amides is 1. The van der Waals surface area contributed by atoms with Gasteiger partial charge in [0.2, 0.25) is 0 Å². The summed E-state index contributed by atoms with van der Waals surface area (Å²) >= 11 is 0. The van der Waals surface area contributed by atoms with Crippen LogP contribution in [0, 0.1) is 23.1 Å². The molecule has 0 saturated heterocycles. The Bertz CT molecular complexity index is 1620. The average Bonchev–Trinajstić information content (AvgIpc) is 3.68. The van der Waals surface area contributed by atoms with Crippen molar-refractivity contribution in [2.24, 2.45) is 5.92 Å². The van der Waals surface area contributed by atoms with Gasteiger partial charge in [0.05, 0.1) is 36.2 Å². The number of nitrogens with zero attached hydrogens (tertiary/aromatic N) is 3. The first-order valence-electron chi connectivity index (χ1n) is 12.8. The number of anilines is 1. The van der Waals surface area contributed by atoms with Crippen molar-refractivity contribution < 1.29 is 27.1 Å². The number of ether oxygens (including phenoxy) is 1. The summed E-state index contributed by atoms with van der Waals surface area (Å²) in [5.41, 5.74) is -0.253. The predicted molar refractivity (Wildman–Crippen MR) is 143 cm³/mol. The first-order chi connectivity index (χ1) is 19.7. The normalized spacial score (nSPS) is 13.9. The van der Waals surface area contributed by atoms with Crippen LogP contribution in [0.3, 0.4) is 0 Å². The summed E-state index contributed by atoms with van der Waals surface area (Å²) in [6.07, 6.45) is -2.60. The minimum Gasteiger partial charge on any atom is -0.497 e. The van der Waals surface area contributed by atoms with E-state index in [0.29, 0.717) is 23.3 Å². The highest BCUT2D eigenvalue weighted by atomic mass is 19.4. The lowest BCUT2D eigenvalue weighted by molar-refractivity contribution is -0.141. The molecule has 210 valence electrons. The van der Waals surface area contributed by atoms with Gasteiger partial charge in [-0.25, -0.2) is 9.07 Å². The summed E-state index contributed by atoms with van der Waals surface area (Å²) < 4.78 is 61.8. The fourth-order valence-corrected chi connectivity index (χ4v) is 4.45. The van der Waals surface area contributed by atoms with Gasteiger partial charge in [0, 0.05) is 6.07 Å². The maximum absolute atomic E-state index is 15.0. The van der Waals surface area contributed by atoms with Gasteiger partial charge in [-0.1, -0.05) is 24.3 Å². The van der Waals surface area contributed by atoms with E-state index in [1.165, 1.54) is 36.4 Å². The summed E-state index contributed by atoms with van der Waals surface area (Å²) in [6, 6.07) is 19.4. The Labute approximate surface area is 233 Å². The molecule has 7 nitrogen and oxygen atoms in total. The zero-order valence-corrected chi connectivity index (χ0v) is 21.9. The van der Waals surface area contributed by atoms with Crippen molar-refractivity contribution in [2.45, 2.75) is 25.1 Å². The molecule has 1 unspecified atom stereocenters. The van der Waals surface area contributed by atoms with Gasteiger partial charge in [0.1, 0.15) is 17.3 Å². The number of nitriles is 1. The minimum atomic E-state index is -4.84. The Morgan fingerprint density at radius 1 is 1.10 bits per heavy atom. The Morgan fingerprint density at radius 3 is 2.56 bits per heavy atom. The number of methoxy groups -OCH3 is 1. The Hall–Kier alpha value is -4.69. The monoisotopic (exact) mass is 563 g/mol. The number of halogens is 4. The second-order valence-electron chi connectivity index (χ2n) is 9.74. The van der Waals surface area contributed by atoms with Crippen LogP contribution < -0.4 is 15.4 Å². The van der Waals surface area contributed by atoms with E-state index in [2.05, 4.69) is 15.7 Å². The van der Waals surface area contributed by atoms with Gasteiger partial charge in [-0.15, -0.1) is 0 Å². The van der Waals surface area contributed by atoms with Gasteiger partial charge in [-0.05, 0) is 78.9 Å². The summed E-state index contributed by atoms with van der Waals surface area (Å²) in [5.74, 6) is -0.575. The number of alkyl halides is 3. The summed E-state index contributed by atoms with van der Waals surface area (Å²) in [4.78, 5) is 13.3. The Balaban J connectivity index is 1.49. The van der Waals surface area contributed by atoms with Crippen LogP contribution in [0.4, 0.5) is 23.2 Å². The molecule has 1 aliphatic carbocycles. The molecule has 4 aromatic rings. The van der Waals surface area contributed by atoms with E-state index >= 15 is 0 Å². The van der Waals surface area contributed by atoms with Gasteiger partial charge in [0.25, 0.3) is 5.91 Å². The van der Waals surface area contributed by atoms with Crippen molar-refractivity contribution in [1.82, 2.24) is 15.1 Å². The van der Waals surface area contributed by atoms with E-state index in [0.717, 1.165) is 29.6 Å². The molecule has 1 atom stereocenters. The second-order valence-corrected chi connectivity index (χ2v) is 9.74. The molecule has 1 fully saturated rings. The van der Waals surface area contributed by atoms with E-state index < -0.39 is 29.3 Å². The van der Waals surface area contributed by atoms with E-state index in [9.17, 15) is 27.6 Å². The van der Waals surface area contributed by atoms with Crippen molar-refractivity contribution in [1.29, 1.82) is 5.26 Å². The number of carbonyl (C=O) groups excluding carboxylic acids is 1. The maximum Gasteiger partial charge on any atom is 0.435 e. The Morgan fingerprint density at radius 2 is 1.85 bits per heavy atom. The first-order valence-corrected chi connectivity index (χ1v) is 12.8. The number of hydrogen-bond acceptors (Lipinski definition) is 5. The van der Waals surface area contributed by atoms with Crippen molar-refractivity contribution in [2.75, 3.05) is 19.0 Å². The highest BCUT2D eigenvalue weighted by molar-refractivity contribution is 6.03. The first kappa shape index (κ1) is 27.9. The molecule has 1 amide bonds. The van der Waals surface area contributed by atoms with Crippen LogP contribution in [0.2, 0.25) is 0 Å². The van der Waals surface area contributed by atoms with Gasteiger partial charge >= 0.3 is 6.18 Å². The molecule has 0 aliphatic heterocycles. The average molecular weight is 564 g/mol. The molecule has 11 heteroatoms. The summed E-state index contributed by atoms with van der Waals surface area (Å²) in [7, 11) is 1.56. The van der Waals surface area contributed by atoms with Crippen LogP contribution in [0.5, 0.6) is 5.75 Å². The van der Waals surface area contributed by atoms with Crippen LogP contribution in [0.15, 0.2) is 72.8 Å². The lowest BCUT2D eigenvalue weighted by Crippen LogP contribution is -2.25. The van der Waals surface area contributed by atoms with Gasteiger partial charge in [0.15, 0.2) is 5.69 Å². The van der Waals surface area contributed by atoms with Crippen molar-refractivity contribution in [3.8, 4) is 17.5 Å². The zero-order chi connectivity index (χ0) is 29.1. The highest BCUT2D eigenvalue weighted by Gasteiger charge is 2.36. The smallest absolute Gasteiger partial charge is 0.435 e. The predicted octanol–water partition coefficient (Wildman–Crippen LogP) is 6.25. The number of nitrogens with one attached hydrogen (secondary N) is 2. The molecule has 1 aromatic heterocycles. The molecule has 5 rings (SSSR count). The number of hydrogen-bond donors (Lipinski definition) is 2. The molecule has 1 saturated carbocycles. The van der Waals surface area contributed by atoms with Crippen LogP contribution in [-0.2, 0) is 6.18 Å². The van der Waals surface area contributed by atoms with Crippen LogP contribution in [0.25, 0.3) is 5.69 Å². The van der Waals surface area contributed by atoms with Gasteiger partial charge < -0.3 is 15.4 Å². The molecule has 1 heterocycles. The van der Waals surface area contributed by atoms with Crippen molar-refractivity contribution >= 4 is 11.6 Å². The molecule has 41 heavy (non-hydrogen) atoms. The third-order valence-corrected chi connectivity index (χ3v) is 6.76. The van der Waals surface area contributed by atoms with Crippen molar-refractivity contribution in [3.63, 3.8) is 0 Å². The molecule has 3 aromatic carbocycles. The van der Waals surface area contributed by atoms with E-state index in [1.807, 2.05) is 30.3 Å². The number of carbonyl (C=O) groups is 1. The minimum absolute atomic E-state index is 0.0706. The molecule has 2 N–H and O–H groups in total. The third-order valence-electron chi connectivity index (χ3n) is 6.76. The number of benzene rings is 3. The lowest BCUT2D eigenvalue weighted by Gasteiger charge is -2.21. The number of aromatic nitrogens is 2. The summed E-state index contributed by atoms with van der Waals surface area (Å²) in [5, 5.41) is 18.7. The summed E-state index contributed by atoms with van der Waals surface area (Å²) in [6.45, 7) is 0.738. The quantitative estimate of drug-likeness (QED) is 0.235. The third kappa shape index (κ3) is 6.39. The van der Waals surface area contributed by atoms with Gasteiger partial charge in [-0.3, -0.25) is 4.79 Å². The Kier molecular flexibility index (Phi) is 7.77. The highest BCUT2D eigenvalue weighted by Crippen LogP contribution is 2.33. The number of rotatable bonds is 9. The van der Waals surface area contributed by atoms with Crippen LogP contribution in [0.1, 0.15) is 51.8 Å². The van der Waals surface area contributed by atoms with E-state index in [1.54, 1.807) is 13.2 Å². The van der Waals surface area contributed by atoms with E-state index in [-0.39, 0.29) is 23.0 Å². The van der Waals surface area contributed by atoms with Crippen molar-refractivity contribution in [3.05, 3.63) is 107 Å². The largest absolute Gasteiger partial charge is 0.497 e. The molecular weight excluding hydrogens is 538 g/mol. The molecular formula is C30H25F4N5O2. The molecule has 0 spiro atoms. The topological polar surface area (TPSA) is 92.0 Å². The SMILES string of the molecule is COc1cccc(C(NCC2CC2)c2ccc(F)c(NC(=O)c3cc(C(F)(F)F)nn3-c3cccc(C#N)c3)c2)c1.